The molecule has 0 saturated heterocycles. The molecule has 2 N–H and O–H groups in total. The minimum atomic E-state index is -0.522. The Morgan fingerprint density at radius 3 is 2.73 bits per heavy atom. The van der Waals surface area contributed by atoms with E-state index in [-0.39, 0.29) is 5.69 Å². The lowest BCUT2D eigenvalue weighted by Crippen LogP contribution is -2.24. The number of hydrogen-bond donors (Lipinski definition) is 2. The molecule has 0 radical (unpaired) electrons. The number of hydrogen-bond acceptors (Lipinski definition) is 5. The number of nitrogens with zero attached hydrogens (tertiary/aromatic N) is 2. The van der Waals surface area contributed by atoms with E-state index in [0.717, 1.165) is 18.6 Å². The Bertz CT molecular complexity index is 775. The Morgan fingerprint density at radius 1 is 1.27 bits per heavy atom. The van der Waals surface area contributed by atoms with Crippen LogP contribution in [0.5, 0.6) is 5.75 Å². The number of carbonyl (C=O) groups excluding carboxylic acids is 1. The van der Waals surface area contributed by atoms with Crippen LogP contribution in [-0.2, 0) is 0 Å². The molecule has 0 saturated carbocycles. The second kappa shape index (κ2) is 9.77. The topological polar surface area (TPSA) is 106 Å². The third-order valence-electron chi connectivity index (χ3n) is 3.34. The molecule has 0 aliphatic heterocycles. The van der Waals surface area contributed by atoms with Crippen molar-refractivity contribution in [3.05, 3.63) is 64.2 Å². The number of unbranched alkanes of at least 4 members (excludes halogenated alkanes) is 1. The third kappa shape index (κ3) is 6.23. The van der Waals surface area contributed by atoms with Crippen LogP contribution in [0.25, 0.3) is 0 Å². The number of hydrazone groups is 1. The second-order valence-electron chi connectivity index (χ2n) is 5.40. The summed E-state index contributed by atoms with van der Waals surface area (Å²) < 4.78 is 5.55. The van der Waals surface area contributed by atoms with E-state index < -0.39 is 11.0 Å². The van der Waals surface area contributed by atoms with E-state index in [4.69, 9.17) is 4.74 Å². The molecule has 0 heterocycles. The van der Waals surface area contributed by atoms with Crippen LogP contribution in [0.3, 0.4) is 0 Å². The number of benzene rings is 2. The summed E-state index contributed by atoms with van der Waals surface area (Å²) in [7, 11) is 0. The van der Waals surface area contributed by atoms with Gasteiger partial charge in [0, 0.05) is 23.4 Å². The first-order valence-corrected chi connectivity index (χ1v) is 8.16. The van der Waals surface area contributed by atoms with Gasteiger partial charge >= 0.3 is 6.03 Å². The van der Waals surface area contributed by atoms with Crippen molar-refractivity contribution in [2.24, 2.45) is 5.10 Å². The average molecular weight is 356 g/mol. The van der Waals surface area contributed by atoms with Gasteiger partial charge in [0.2, 0.25) is 0 Å². The highest BCUT2D eigenvalue weighted by molar-refractivity contribution is 5.90. The van der Waals surface area contributed by atoms with Crippen LogP contribution in [-0.4, -0.2) is 23.8 Å². The highest BCUT2D eigenvalue weighted by atomic mass is 16.6. The fraction of sp³-hybridized carbons (Fsp3) is 0.222. The smallest absolute Gasteiger partial charge is 0.339 e. The minimum Gasteiger partial charge on any atom is -0.494 e. The zero-order valence-electron chi connectivity index (χ0n) is 14.3. The summed E-state index contributed by atoms with van der Waals surface area (Å²) in [6, 6.07) is 12.4. The number of nitro benzene ring substituents is 1. The molecule has 0 atom stereocenters. The van der Waals surface area contributed by atoms with Gasteiger partial charge in [-0.2, -0.15) is 5.10 Å². The molecule has 2 rings (SSSR count). The van der Waals surface area contributed by atoms with E-state index in [0.29, 0.717) is 17.9 Å². The maximum atomic E-state index is 11.8. The second-order valence-corrected chi connectivity index (χ2v) is 5.40. The third-order valence-corrected chi connectivity index (χ3v) is 3.34. The lowest BCUT2D eigenvalue weighted by molar-refractivity contribution is -0.384. The van der Waals surface area contributed by atoms with Crippen molar-refractivity contribution in [1.29, 1.82) is 0 Å². The van der Waals surface area contributed by atoms with Crippen molar-refractivity contribution in [3.8, 4) is 5.75 Å². The largest absolute Gasteiger partial charge is 0.494 e. The number of rotatable bonds is 8. The van der Waals surface area contributed by atoms with Crippen LogP contribution in [0, 0.1) is 10.1 Å². The first-order valence-electron chi connectivity index (χ1n) is 8.16. The van der Waals surface area contributed by atoms with Gasteiger partial charge in [0.25, 0.3) is 5.69 Å². The van der Waals surface area contributed by atoms with Gasteiger partial charge < -0.3 is 10.1 Å². The molecule has 0 aromatic heterocycles. The van der Waals surface area contributed by atoms with Crippen molar-refractivity contribution in [3.63, 3.8) is 0 Å². The molecule has 8 heteroatoms. The SMILES string of the molecule is CCCCOc1ccc(NC(=O)NN=Cc2cccc([N+](=O)[O-])c2)cc1. The highest BCUT2D eigenvalue weighted by Crippen LogP contribution is 2.16. The summed E-state index contributed by atoms with van der Waals surface area (Å²) in [5.41, 5.74) is 3.36. The Hall–Kier alpha value is -3.42. The molecule has 26 heavy (non-hydrogen) atoms. The highest BCUT2D eigenvalue weighted by Gasteiger charge is 2.04. The van der Waals surface area contributed by atoms with E-state index in [9.17, 15) is 14.9 Å². The zero-order chi connectivity index (χ0) is 18.8. The fourth-order valence-electron chi connectivity index (χ4n) is 2.01. The van der Waals surface area contributed by atoms with Crippen molar-refractivity contribution >= 4 is 23.6 Å². The summed E-state index contributed by atoms with van der Waals surface area (Å²) >= 11 is 0. The molecule has 0 spiro atoms. The molecule has 2 amide bonds. The number of urea groups is 1. The first kappa shape index (κ1) is 18.9. The van der Waals surface area contributed by atoms with Crippen molar-refractivity contribution < 1.29 is 14.5 Å². The van der Waals surface area contributed by atoms with Gasteiger partial charge in [-0.25, -0.2) is 10.2 Å². The molecule has 136 valence electrons. The average Bonchev–Trinajstić information content (AvgIpc) is 2.63. The van der Waals surface area contributed by atoms with Gasteiger partial charge in [0.15, 0.2) is 0 Å². The first-order chi connectivity index (χ1) is 12.6. The molecule has 0 aliphatic carbocycles. The Morgan fingerprint density at radius 2 is 2.04 bits per heavy atom. The fourth-order valence-corrected chi connectivity index (χ4v) is 2.01. The van der Waals surface area contributed by atoms with Crippen LogP contribution in [0.1, 0.15) is 25.3 Å². The Balaban J connectivity index is 1.83. The van der Waals surface area contributed by atoms with E-state index in [1.165, 1.54) is 18.3 Å². The number of non-ortho nitro benzene ring substituents is 1. The van der Waals surface area contributed by atoms with Gasteiger partial charge in [-0.1, -0.05) is 25.5 Å². The Kier molecular flexibility index (Phi) is 7.11. The van der Waals surface area contributed by atoms with E-state index >= 15 is 0 Å². The van der Waals surface area contributed by atoms with Gasteiger partial charge in [0.05, 0.1) is 17.7 Å². The molecule has 2 aromatic rings. The maximum Gasteiger partial charge on any atom is 0.339 e. The van der Waals surface area contributed by atoms with E-state index in [1.54, 1.807) is 36.4 Å². The number of carbonyl (C=O) groups is 1. The molecule has 0 fully saturated rings. The summed E-state index contributed by atoms with van der Waals surface area (Å²) in [5, 5.41) is 17.1. The molecule has 8 nitrogen and oxygen atoms in total. The van der Waals surface area contributed by atoms with Crippen LogP contribution in [0.2, 0.25) is 0 Å². The maximum absolute atomic E-state index is 11.8. The van der Waals surface area contributed by atoms with E-state index in [1.807, 2.05) is 0 Å². The summed E-state index contributed by atoms with van der Waals surface area (Å²) in [5.74, 6) is 0.744. The van der Waals surface area contributed by atoms with Gasteiger partial charge in [-0.05, 0) is 30.7 Å². The monoisotopic (exact) mass is 356 g/mol. The van der Waals surface area contributed by atoms with Crippen molar-refractivity contribution in [2.45, 2.75) is 19.8 Å². The molecule has 2 aromatic carbocycles. The van der Waals surface area contributed by atoms with E-state index in [2.05, 4.69) is 22.8 Å². The quantitative estimate of drug-likeness (QED) is 0.323. The molecule has 0 bridgehead atoms. The summed E-state index contributed by atoms with van der Waals surface area (Å²) in [6.07, 6.45) is 3.39. The van der Waals surface area contributed by atoms with Gasteiger partial charge in [0.1, 0.15) is 5.75 Å². The number of anilines is 1. The number of nitrogens with one attached hydrogen (secondary N) is 2. The van der Waals surface area contributed by atoms with Crippen LogP contribution in [0.4, 0.5) is 16.2 Å². The number of nitro groups is 1. The lowest BCUT2D eigenvalue weighted by Gasteiger charge is -2.07. The molecule has 0 aliphatic rings. The number of ether oxygens (including phenoxy) is 1. The standard InChI is InChI=1S/C18H20N4O4/c1-2-3-11-26-17-9-7-15(8-10-17)20-18(23)21-19-13-14-5-4-6-16(12-14)22(24)25/h4-10,12-13H,2-3,11H2,1H3,(H2,20,21,23). The predicted octanol–water partition coefficient (Wildman–Crippen LogP) is 3.93. The van der Waals surface area contributed by atoms with Crippen molar-refractivity contribution in [1.82, 2.24) is 5.43 Å². The number of amides is 2. The van der Waals surface area contributed by atoms with Gasteiger partial charge in [-0.15, -0.1) is 0 Å². The lowest BCUT2D eigenvalue weighted by atomic mass is 10.2. The Labute approximate surface area is 151 Å². The predicted molar refractivity (Wildman–Crippen MR) is 99.7 cm³/mol. The molecular weight excluding hydrogens is 336 g/mol. The van der Waals surface area contributed by atoms with Crippen LogP contribution >= 0.6 is 0 Å². The minimum absolute atomic E-state index is 0.0420. The normalized spacial score (nSPS) is 10.5. The molecular formula is C18H20N4O4. The molecule has 0 unspecified atom stereocenters. The van der Waals surface area contributed by atoms with Crippen LogP contribution < -0.4 is 15.5 Å². The zero-order valence-corrected chi connectivity index (χ0v) is 14.3. The van der Waals surface area contributed by atoms with Gasteiger partial charge in [-0.3, -0.25) is 10.1 Å². The van der Waals surface area contributed by atoms with Crippen LogP contribution in [0.15, 0.2) is 53.6 Å². The summed E-state index contributed by atoms with van der Waals surface area (Å²) in [4.78, 5) is 22.0. The summed E-state index contributed by atoms with van der Waals surface area (Å²) in [6.45, 7) is 2.76. The van der Waals surface area contributed by atoms with Crippen molar-refractivity contribution in [2.75, 3.05) is 11.9 Å².